The first-order valence-electron chi connectivity index (χ1n) is 11.3. The van der Waals surface area contributed by atoms with E-state index in [9.17, 15) is 18.5 Å². The highest BCUT2D eigenvalue weighted by Gasteiger charge is 2.26. The molecular weight excluding hydrogens is 545 g/mol. The zero-order valence-corrected chi connectivity index (χ0v) is 22.2. The molecule has 0 saturated heterocycles. The normalized spacial score (nSPS) is 11.8. The summed E-state index contributed by atoms with van der Waals surface area (Å²) in [6, 6.07) is 26.6. The maximum absolute atomic E-state index is 13.5. The second-order valence-electron chi connectivity index (χ2n) is 8.15. The summed E-state index contributed by atoms with van der Waals surface area (Å²) in [6.45, 7) is -0.00392. The molecule has 0 atom stereocenters. The zero-order chi connectivity index (χ0) is 27.1. The van der Waals surface area contributed by atoms with Crippen LogP contribution in [0.25, 0.3) is 6.08 Å². The fraction of sp³-hybridized carbons (Fsp3) is 0.0714. The van der Waals surface area contributed by atoms with Gasteiger partial charge in [-0.2, -0.15) is 9.57 Å². The van der Waals surface area contributed by atoms with Gasteiger partial charge in [-0.05, 0) is 60.2 Å². The first-order valence-corrected chi connectivity index (χ1v) is 13.5. The van der Waals surface area contributed by atoms with Crippen LogP contribution in [0.3, 0.4) is 0 Å². The molecule has 0 aliphatic carbocycles. The maximum atomic E-state index is 13.5. The van der Waals surface area contributed by atoms with E-state index in [2.05, 4.69) is 5.32 Å². The first-order chi connectivity index (χ1) is 18.2. The molecule has 0 radical (unpaired) electrons. The summed E-state index contributed by atoms with van der Waals surface area (Å²) in [5, 5.41) is 13.1. The average Bonchev–Trinajstić information content (AvgIpc) is 3.35. The van der Waals surface area contributed by atoms with Gasteiger partial charge in [0.2, 0.25) is 10.0 Å². The van der Waals surface area contributed by atoms with Gasteiger partial charge in [0.25, 0.3) is 5.91 Å². The molecule has 0 fully saturated rings. The van der Waals surface area contributed by atoms with Gasteiger partial charge in [-0.1, -0.05) is 59.6 Å². The zero-order valence-electron chi connectivity index (χ0n) is 19.8. The lowest BCUT2D eigenvalue weighted by atomic mass is 10.2. The number of amides is 1. The fourth-order valence-electron chi connectivity index (χ4n) is 3.55. The van der Waals surface area contributed by atoms with E-state index in [0.29, 0.717) is 21.5 Å². The van der Waals surface area contributed by atoms with Crippen molar-refractivity contribution in [1.82, 2.24) is 4.31 Å². The van der Waals surface area contributed by atoms with Crippen LogP contribution in [-0.4, -0.2) is 18.6 Å². The Morgan fingerprint density at radius 2 is 1.66 bits per heavy atom. The number of halogens is 2. The highest BCUT2D eigenvalue weighted by Crippen LogP contribution is 2.24. The van der Waals surface area contributed by atoms with Crippen LogP contribution in [0.2, 0.25) is 10.0 Å². The standard InChI is InChI=1S/C28H21Cl2N3O4S/c29-22-11-9-20(10-12-22)18-33(38(35,36)27-7-2-1-3-8-27)19-26-14-13-25(37-26)15-21(17-31)28(34)32-24-6-4-5-23(30)16-24/h1-16H,18-19H2,(H,32,34)/b21-15-. The Hall–Kier alpha value is -3.87. The molecule has 1 N–H and O–H groups in total. The van der Waals surface area contributed by atoms with E-state index in [1.54, 1.807) is 78.9 Å². The van der Waals surface area contributed by atoms with Gasteiger partial charge < -0.3 is 9.73 Å². The van der Waals surface area contributed by atoms with Gasteiger partial charge in [-0.15, -0.1) is 0 Å². The molecule has 1 aromatic heterocycles. The van der Waals surface area contributed by atoms with Crippen LogP contribution in [0, 0.1) is 11.3 Å². The summed E-state index contributed by atoms with van der Waals surface area (Å²) < 4.78 is 34.0. The quantitative estimate of drug-likeness (QED) is 0.184. The van der Waals surface area contributed by atoms with Crippen molar-refractivity contribution in [2.75, 3.05) is 5.32 Å². The smallest absolute Gasteiger partial charge is 0.266 e. The second-order valence-corrected chi connectivity index (χ2v) is 11.0. The molecule has 0 aliphatic heterocycles. The molecule has 0 saturated carbocycles. The molecule has 10 heteroatoms. The summed E-state index contributed by atoms with van der Waals surface area (Å²) >= 11 is 11.9. The number of carbonyl (C=O) groups is 1. The van der Waals surface area contributed by atoms with E-state index in [-0.39, 0.29) is 29.3 Å². The highest BCUT2D eigenvalue weighted by atomic mass is 35.5. The van der Waals surface area contributed by atoms with Crippen molar-refractivity contribution in [2.45, 2.75) is 18.0 Å². The number of nitriles is 1. The molecule has 0 unspecified atom stereocenters. The first kappa shape index (κ1) is 27.2. The molecule has 0 aliphatic rings. The number of carbonyl (C=O) groups excluding carboxylic acids is 1. The largest absolute Gasteiger partial charge is 0.460 e. The van der Waals surface area contributed by atoms with E-state index in [4.69, 9.17) is 27.6 Å². The SMILES string of the molecule is N#C/C(=C/c1ccc(CN(Cc2ccc(Cl)cc2)S(=O)(=O)c2ccccc2)o1)C(=O)Nc1cccc(Cl)c1. The third-order valence-electron chi connectivity index (χ3n) is 5.40. The van der Waals surface area contributed by atoms with Gasteiger partial charge in [0, 0.05) is 28.4 Å². The van der Waals surface area contributed by atoms with Crippen LogP contribution in [0.5, 0.6) is 0 Å². The predicted octanol–water partition coefficient (Wildman–Crippen LogP) is 6.52. The molecular formula is C28H21Cl2N3O4S. The Morgan fingerprint density at radius 3 is 2.34 bits per heavy atom. The van der Waals surface area contributed by atoms with E-state index in [1.165, 1.54) is 22.5 Å². The minimum atomic E-state index is -3.88. The molecule has 3 aromatic carbocycles. The lowest BCUT2D eigenvalue weighted by Crippen LogP contribution is -2.30. The summed E-state index contributed by atoms with van der Waals surface area (Å²) in [5.74, 6) is -0.0812. The van der Waals surface area contributed by atoms with Crippen LogP contribution in [0.1, 0.15) is 17.1 Å². The molecule has 1 heterocycles. The number of nitrogens with one attached hydrogen (secondary N) is 1. The summed E-state index contributed by atoms with van der Waals surface area (Å²) in [7, 11) is -3.88. The van der Waals surface area contributed by atoms with E-state index >= 15 is 0 Å². The number of rotatable bonds is 9. The van der Waals surface area contributed by atoms with Crippen LogP contribution in [0.15, 0.2) is 106 Å². The maximum Gasteiger partial charge on any atom is 0.266 e. The number of nitrogens with zero attached hydrogens (tertiary/aromatic N) is 2. The van der Waals surface area contributed by atoms with Gasteiger partial charge in [-0.25, -0.2) is 8.42 Å². The number of hydrogen-bond acceptors (Lipinski definition) is 5. The summed E-state index contributed by atoms with van der Waals surface area (Å²) in [6.07, 6.45) is 1.29. The Morgan fingerprint density at radius 1 is 0.921 bits per heavy atom. The lowest BCUT2D eigenvalue weighted by molar-refractivity contribution is -0.112. The second kappa shape index (κ2) is 12.1. The monoisotopic (exact) mass is 565 g/mol. The molecule has 192 valence electrons. The number of furan rings is 1. The third-order valence-corrected chi connectivity index (χ3v) is 7.69. The Kier molecular flexibility index (Phi) is 8.66. The average molecular weight is 566 g/mol. The van der Waals surface area contributed by atoms with Gasteiger partial charge in [0.1, 0.15) is 23.2 Å². The minimum Gasteiger partial charge on any atom is -0.460 e. The predicted molar refractivity (Wildman–Crippen MR) is 147 cm³/mol. The number of hydrogen-bond donors (Lipinski definition) is 1. The van der Waals surface area contributed by atoms with E-state index < -0.39 is 15.9 Å². The Bertz CT molecular complexity index is 1610. The molecule has 0 spiro atoms. The highest BCUT2D eigenvalue weighted by molar-refractivity contribution is 7.89. The number of sulfonamides is 1. The van der Waals surface area contributed by atoms with E-state index in [0.717, 1.165) is 5.56 Å². The topological polar surface area (TPSA) is 103 Å². The van der Waals surface area contributed by atoms with Gasteiger partial charge in [-0.3, -0.25) is 4.79 Å². The van der Waals surface area contributed by atoms with Crippen LogP contribution < -0.4 is 5.32 Å². The van der Waals surface area contributed by atoms with Crippen LogP contribution in [0.4, 0.5) is 5.69 Å². The van der Waals surface area contributed by atoms with Crippen LogP contribution in [-0.2, 0) is 27.9 Å². The Balaban J connectivity index is 1.57. The van der Waals surface area contributed by atoms with Crippen molar-refractivity contribution in [2.24, 2.45) is 0 Å². The van der Waals surface area contributed by atoms with E-state index in [1.807, 2.05) is 6.07 Å². The molecule has 0 bridgehead atoms. The van der Waals surface area contributed by atoms with Crippen molar-refractivity contribution >= 4 is 50.9 Å². The van der Waals surface area contributed by atoms with Crippen molar-refractivity contribution in [3.05, 3.63) is 124 Å². The number of anilines is 1. The third kappa shape index (κ3) is 6.91. The molecule has 7 nitrogen and oxygen atoms in total. The van der Waals surface area contributed by atoms with Crippen molar-refractivity contribution in [1.29, 1.82) is 5.26 Å². The van der Waals surface area contributed by atoms with Gasteiger partial charge in [0.15, 0.2) is 0 Å². The van der Waals surface area contributed by atoms with Gasteiger partial charge in [0.05, 0.1) is 11.4 Å². The minimum absolute atomic E-state index is 0.0752. The van der Waals surface area contributed by atoms with Crippen LogP contribution >= 0.6 is 23.2 Å². The van der Waals surface area contributed by atoms with Crippen molar-refractivity contribution < 1.29 is 17.6 Å². The molecule has 4 aromatic rings. The van der Waals surface area contributed by atoms with Crippen molar-refractivity contribution in [3.8, 4) is 6.07 Å². The summed E-state index contributed by atoms with van der Waals surface area (Å²) in [5.41, 5.74) is 0.985. The summed E-state index contributed by atoms with van der Waals surface area (Å²) in [4.78, 5) is 12.7. The van der Waals surface area contributed by atoms with Crippen molar-refractivity contribution in [3.63, 3.8) is 0 Å². The number of benzene rings is 3. The molecule has 1 amide bonds. The van der Waals surface area contributed by atoms with Gasteiger partial charge >= 0.3 is 0 Å². The lowest BCUT2D eigenvalue weighted by Gasteiger charge is -2.21. The Labute approximate surface area is 230 Å². The molecule has 4 rings (SSSR count). The molecule has 38 heavy (non-hydrogen) atoms. The fourth-order valence-corrected chi connectivity index (χ4v) is 5.28.